The largest absolute Gasteiger partial charge is 0.403 e. The molecule has 1 aliphatic rings. The Morgan fingerprint density at radius 1 is 1.13 bits per heavy atom. The van der Waals surface area contributed by atoms with Crippen LogP contribution in [0.1, 0.15) is 34.4 Å². The Balaban J connectivity index is 1.44. The number of aryl methyl sites for hydroxylation is 2. The standard InChI is InChI=1S/C22H20N8O/c1-13-4-3-8-30-18(13)10-17(28-30)20-19-16(24-12-25-19)7-9-29(20)22-27-26-21(31-22)15-6-5-14(2)23-11-15/h3-6,8,10-12,20H,7,9H2,1-2H3,(H,24,25)/t20-/m0/s1. The zero-order valence-electron chi connectivity index (χ0n) is 17.1. The summed E-state index contributed by atoms with van der Waals surface area (Å²) in [5.74, 6) is 0.444. The van der Waals surface area contributed by atoms with Gasteiger partial charge in [-0.15, -0.1) is 5.10 Å². The smallest absolute Gasteiger partial charge is 0.319 e. The number of pyridine rings is 2. The van der Waals surface area contributed by atoms with Crippen LogP contribution < -0.4 is 4.90 Å². The molecule has 154 valence electrons. The van der Waals surface area contributed by atoms with E-state index >= 15 is 0 Å². The second-order valence-corrected chi connectivity index (χ2v) is 7.78. The molecular formula is C22H20N8O. The van der Waals surface area contributed by atoms with Crippen molar-refractivity contribution in [1.29, 1.82) is 0 Å². The van der Waals surface area contributed by atoms with Crippen molar-refractivity contribution in [3.8, 4) is 11.5 Å². The Labute approximate surface area is 177 Å². The van der Waals surface area contributed by atoms with Crippen molar-refractivity contribution < 1.29 is 4.42 Å². The number of anilines is 1. The number of rotatable bonds is 3. The number of nitrogens with zero attached hydrogens (tertiary/aromatic N) is 7. The average molecular weight is 412 g/mol. The van der Waals surface area contributed by atoms with E-state index in [4.69, 9.17) is 9.52 Å². The van der Waals surface area contributed by atoms with Gasteiger partial charge in [0.05, 0.1) is 28.8 Å². The molecule has 0 saturated heterocycles. The number of H-pyrrole nitrogens is 1. The van der Waals surface area contributed by atoms with Crippen LogP contribution in [-0.4, -0.2) is 41.3 Å². The molecule has 9 nitrogen and oxygen atoms in total. The van der Waals surface area contributed by atoms with Crippen LogP contribution >= 0.6 is 0 Å². The number of hydrogen-bond acceptors (Lipinski definition) is 7. The summed E-state index contributed by atoms with van der Waals surface area (Å²) in [6, 6.07) is 10.3. The fraction of sp³-hybridized carbons (Fsp3) is 0.227. The summed E-state index contributed by atoms with van der Waals surface area (Å²) in [5.41, 5.74) is 6.89. The first-order valence-corrected chi connectivity index (χ1v) is 10.2. The Hall–Kier alpha value is -4.01. The van der Waals surface area contributed by atoms with Crippen LogP contribution in [0.2, 0.25) is 0 Å². The lowest BCUT2D eigenvalue weighted by atomic mass is 10.00. The van der Waals surface area contributed by atoms with Crippen molar-refractivity contribution in [2.45, 2.75) is 26.3 Å². The molecule has 5 aromatic rings. The highest BCUT2D eigenvalue weighted by atomic mass is 16.4. The molecule has 0 unspecified atom stereocenters. The molecule has 1 aliphatic heterocycles. The topological polar surface area (TPSA) is 101 Å². The molecule has 0 saturated carbocycles. The number of aromatic amines is 1. The molecule has 5 aromatic heterocycles. The highest BCUT2D eigenvalue weighted by Crippen LogP contribution is 2.37. The fourth-order valence-corrected chi connectivity index (χ4v) is 4.13. The lowest BCUT2D eigenvalue weighted by molar-refractivity contribution is 0.503. The quantitative estimate of drug-likeness (QED) is 0.485. The van der Waals surface area contributed by atoms with Crippen LogP contribution in [0.5, 0.6) is 0 Å². The van der Waals surface area contributed by atoms with E-state index in [0.717, 1.165) is 45.8 Å². The highest BCUT2D eigenvalue weighted by molar-refractivity contribution is 5.57. The third-order valence-corrected chi connectivity index (χ3v) is 5.76. The molecule has 0 spiro atoms. The maximum absolute atomic E-state index is 6.08. The Morgan fingerprint density at radius 3 is 2.90 bits per heavy atom. The monoisotopic (exact) mass is 412 g/mol. The third kappa shape index (κ3) is 2.89. The predicted octanol–water partition coefficient (Wildman–Crippen LogP) is 3.27. The van der Waals surface area contributed by atoms with Gasteiger partial charge in [-0.1, -0.05) is 11.2 Å². The van der Waals surface area contributed by atoms with Crippen LogP contribution in [0, 0.1) is 13.8 Å². The first kappa shape index (κ1) is 17.8. The van der Waals surface area contributed by atoms with Crippen molar-refractivity contribution in [2.75, 3.05) is 11.4 Å². The van der Waals surface area contributed by atoms with E-state index in [2.05, 4.69) is 49.1 Å². The molecule has 0 fully saturated rings. The fourth-order valence-electron chi connectivity index (χ4n) is 4.13. The van der Waals surface area contributed by atoms with Gasteiger partial charge in [-0.2, -0.15) is 5.10 Å². The molecule has 6 heterocycles. The summed E-state index contributed by atoms with van der Waals surface area (Å²) in [6.07, 6.45) is 6.25. The number of imidazole rings is 1. The lowest BCUT2D eigenvalue weighted by Crippen LogP contribution is -2.36. The van der Waals surface area contributed by atoms with E-state index in [1.807, 2.05) is 35.8 Å². The number of fused-ring (bicyclic) bond motifs is 2. The van der Waals surface area contributed by atoms with Crippen molar-refractivity contribution in [1.82, 2.24) is 34.8 Å². The van der Waals surface area contributed by atoms with E-state index < -0.39 is 0 Å². The molecule has 0 radical (unpaired) electrons. The molecule has 0 bridgehead atoms. The zero-order valence-corrected chi connectivity index (χ0v) is 17.1. The Morgan fingerprint density at radius 2 is 2.06 bits per heavy atom. The predicted molar refractivity (Wildman–Crippen MR) is 114 cm³/mol. The van der Waals surface area contributed by atoms with Gasteiger partial charge in [0.2, 0.25) is 0 Å². The third-order valence-electron chi connectivity index (χ3n) is 5.76. The van der Waals surface area contributed by atoms with Gasteiger partial charge in [0, 0.05) is 36.7 Å². The summed E-state index contributed by atoms with van der Waals surface area (Å²) in [7, 11) is 0. The minimum atomic E-state index is -0.223. The van der Waals surface area contributed by atoms with Crippen molar-refractivity contribution in [3.05, 3.63) is 77.4 Å². The van der Waals surface area contributed by atoms with Gasteiger partial charge >= 0.3 is 6.01 Å². The van der Waals surface area contributed by atoms with Gasteiger partial charge in [0.25, 0.3) is 5.89 Å². The zero-order chi connectivity index (χ0) is 20.9. The lowest BCUT2D eigenvalue weighted by Gasteiger charge is -2.32. The van der Waals surface area contributed by atoms with Crippen LogP contribution in [0.15, 0.2) is 53.5 Å². The summed E-state index contributed by atoms with van der Waals surface area (Å²) in [4.78, 5) is 14.3. The average Bonchev–Trinajstić information content (AvgIpc) is 3.52. The summed E-state index contributed by atoms with van der Waals surface area (Å²) in [5, 5.41) is 13.5. The van der Waals surface area contributed by atoms with Gasteiger partial charge in [-0.25, -0.2) is 9.50 Å². The Kier molecular flexibility index (Phi) is 3.89. The Bertz CT molecular complexity index is 1380. The van der Waals surface area contributed by atoms with Crippen LogP contribution in [-0.2, 0) is 6.42 Å². The second-order valence-electron chi connectivity index (χ2n) is 7.78. The van der Waals surface area contributed by atoms with Gasteiger partial charge in [-0.3, -0.25) is 4.98 Å². The van der Waals surface area contributed by atoms with E-state index in [0.29, 0.717) is 18.5 Å². The second kappa shape index (κ2) is 6.76. The van der Waals surface area contributed by atoms with Crippen molar-refractivity contribution in [3.63, 3.8) is 0 Å². The van der Waals surface area contributed by atoms with Crippen molar-refractivity contribution >= 4 is 11.5 Å². The summed E-state index contributed by atoms with van der Waals surface area (Å²) in [6.45, 7) is 4.74. The van der Waals surface area contributed by atoms with E-state index in [9.17, 15) is 0 Å². The van der Waals surface area contributed by atoms with E-state index in [1.54, 1.807) is 12.5 Å². The SMILES string of the molecule is Cc1ccc(-c2nnc(N3CCc4[nH]cnc4[C@@H]3c3cc4c(C)cccn4n3)o2)cn1. The maximum Gasteiger partial charge on any atom is 0.319 e. The summed E-state index contributed by atoms with van der Waals surface area (Å²) >= 11 is 0. The number of hydrogen-bond donors (Lipinski definition) is 1. The molecule has 1 N–H and O–H groups in total. The number of aromatic nitrogens is 7. The first-order chi connectivity index (χ1) is 15.2. The molecule has 0 amide bonds. The van der Waals surface area contributed by atoms with E-state index in [1.165, 1.54) is 0 Å². The summed E-state index contributed by atoms with van der Waals surface area (Å²) < 4.78 is 7.99. The molecule has 0 aliphatic carbocycles. The molecule has 31 heavy (non-hydrogen) atoms. The van der Waals surface area contributed by atoms with Crippen LogP contribution in [0.25, 0.3) is 17.0 Å². The maximum atomic E-state index is 6.08. The first-order valence-electron chi connectivity index (χ1n) is 10.2. The molecule has 9 heteroatoms. The normalized spacial score (nSPS) is 16.1. The molecule has 0 aromatic carbocycles. The minimum Gasteiger partial charge on any atom is -0.403 e. The van der Waals surface area contributed by atoms with E-state index in [-0.39, 0.29) is 6.04 Å². The van der Waals surface area contributed by atoms with Gasteiger partial charge < -0.3 is 14.3 Å². The molecular weight excluding hydrogens is 392 g/mol. The van der Waals surface area contributed by atoms with Crippen LogP contribution in [0.4, 0.5) is 6.01 Å². The molecule has 6 rings (SSSR count). The van der Waals surface area contributed by atoms with Crippen LogP contribution in [0.3, 0.4) is 0 Å². The minimum absolute atomic E-state index is 0.223. The molecule has 1 atom stereocenters. The van der Waals surface area contributed by atoms with Gasteiger partial charge in [0.15, 0.2) is 0 Å². The highest BCUT2D eigenvalue weighted by Gasteiger charge is 2.36. The van der Waals surface area contributed by atoms with Crippen molar-refractivity contribution in [2.24, 2.45) is 0 Å². The number of nitrogens with one attached hydrogen (secondary N) is 1. The van der Waals surface area contributed by atoms with Gasteiger partial charge in [-0.05, 0) is 43.7 Å². The van der Waals surface area contributed by atoms with Gasteiger partial charge in [0.1, 0.15) is 6.04 Å².